The van der Waals surface area contributed by atoms with Gasteiger partial charge in [-0.2, -0.15) is 0 Å². The Labute approximate surface area is 261 Å². The highest BCUT2D eigenvalue weighted by atomic mass is 16.3. The summed E-state index contributed by atoms with van der Waals surface area (Å²) in [6.07, 6.45) is 0. The lowest BCUT2D eigenvalue weighted by atomic mass is 9.84. The van der Waals surface area contributed by atoms with E-state index in [9.17, 15) is 0 Å². The Kier molecular flexibility index (Phi) is 5.89. The molecule has 0 aliphatic rings. The van der Waals surface area contributed by atoms with Crippen LogP contribution in [0.1, 0.15) is 0 Å². The van der Waals surface area contributed by atoms with Crippen molar-refractivity contribution in [2.24, 2.45) is 0 Å². The highest BCUT2D eigenvalue weighted by Gasteiger charge is 2.20. The van der Waals surface area contributed by atoms with E-state index in [1.807, 2.05) is 6.07 Å². The molecule has 0 saturated carbocycles. The Morgan fingerprint density at radius 3 is 1.42 bits per heavy atom. The number of fused-ring (bicyclic) bond motifs is 5. The van der Waals surface area contributed by atoms with E-state index in [1.54, 1.807) is 0 Å². The number of benzene rings is 8. The van der Waals surface area contributed by atoms with E-state index in [1.165, 1.54) is 54.9 Å². The molecule has 0 saturated heterocycles. The van der Waals surface area contributed by atoms with Crippen LogP contribution in [0.3, 0.4) is 0 Å². The van der Waals surface area contributed by atoms with Crippen molar-refractivity contribution in [1.82, 2.24) is 0 Å². The molecule has 0 atom stereocenters. The predicted octanol–water partition coefficient (Wildman–Crippen LogP) is 12.6. The van der Waals surface area contributed by atoms with Gasteiger partial charge in [-0.25, -0.2) is 0 Å². The standard InChI is InChI=1S/C44H28O/c1-3-14-29(15-4-1)31-18-13-19-32(26-31)42-35-21-7-9-23-37(35)43(38-24-10-8-22-36(38)42)33-27-39(30-16-5-2-6-17-30)44-40(28-33)34-20-11-12-25-41(34)45-44/h1-28H. The van der Waals surface area contributed by atoms with Gasteiger partial charge in [0, 0.05) is 16.3 Å². The Hall–Kier alpha value is -5.92. The van der Waals surface area contributed by atoms with Crippen LogP contribution in [-0.2, 0) is 0 Å². The molecule has 9 rings (SSSR count). The molecule has 0 aliphatic heterocycles. The summed E-state index contributed by atoms with van der Waals surface area (Å²) in [6.45, 7) is 0. The number of furan rings is 1. The predicted molar refractivity (Wildman–Crippen MR) is 190 cm³/mol. The Morgan fingerprint density at radius 1 is 0.289 bits per heavy atom. The number of hydrogen-bond acceptors (Lipinski definition) is 1. The first-order chi connectivity index (χ1) is 22.3. The Morgan fingerprint density at radius 2 is 0.778 bits per heavy atom. The summed E-state index contributed by atoms with van der Waals surface area (Å²) < 4.78 is 6.53. The Balaban J connectivity index is 1.38. The maximum atomic E-state index is 6.53. The van der Waals surface area contributed by atoms with Crippen LogP contribution in [0, 0.1) is 0 Å². The van der Waals surface area contributed by atoms with Gasteiger partial charge in [0.2, 0.25) is 0 Å². The second kappa shape index (κ2) is 10.4. The molecule has 1 nitrogen and oxygen atoms in total. The van der Waals surface area contributed by atoms with E-state index in [2.05, 4.69) is 164 Å². The summed E-state index contributed by atoms with van der Waals surface area (Å²) in [5.41, 5.74) is 11.4. The van der Waals surface area contributed by atoms with Gasteiger partial charge in [0.1, 0.15) is 11.2 Å². The molecule has 0 N–H and O–H groups in total. The van der Waals surface area contributed by atoms with E-state index < -0.39 is 0 Å². The minimum absolute atomic E-state index is 0.908. The van der Waals surface area contributed by atoms with Gasteiger partial charge in [0.15, 0.2) is 0 Å². The Bertz CT molecular complexity index is 2460. The third-order valence-electron chi connectivity index (χ3n) is 9.04. The lowest BCUT2D eigenvalue weighted by Crippen LogP contribution is -1.92. The smallest absolute Gasteiger partial charge is 0.143 e. The zero-order valence-corrected chi connectivity index (χ0v) is 24.6. The first kappa shape index (κ1) is 25.6. The summed E-state index contributed by atoms with van der Waals surface area (Å²) in [7, 11) is 0. The molecule has 1 heteroatoms. The summed E-state index contributed by atoms with van der Waals surface area (Å²) in [6, 6.07) is 61.0. The maximum absolute atomic E-state index is 6.53. The van der Waals surface area contributed by atoms with Gasteiger partial charge in [0.05, 0.1) is 0 Å². The van der Waals surface area contributed by atoms with E-state index in [0.717, 1.165) is 33.1 Å². The molecule has 0 unspecified atom stereocenters. The summed E-state index contributed by atoms with van der Waals surface area (Å²) in [5, 5.41) is 7.24. The summed E-state index contributed by atoms with van der Waals surface area (Å²) in [5.74, 6) is 0. The maximum Gasteiger partial charge on any atom is 0.143 e. The molecule has 1 aromatic heterocycles. The minimum Gasteiger partial charge on any atom is -0.455 e. The van der Waals surface area contributed by atoms with Crippen molar-refractivity contribution in [3.05, 3.63) is 170 Å². The topological polar surface area (TPSA) is 13.1 Å². The van der Waals surface area contributed by atoms with E-state index in [4.69, 9.17) is 4.42 Å². The van der Waals surface area contributed by atoms with Gasteiger partial charge in [-0.05, 0) is 84.8 Å². The van der Waals surface area contributed by atoms with Crippen LogP contribution < -0.4 is 0 Å². The molecule has 0 fully saturated rings. The second-order valence-corrected chi connectivity index (χ2v) is 11.7. The monoisotopic (exact) mass is 572 g/mol. The van der Waals surface area contributed by atoms with Crippen LogP contribution in [0.2, 0.25) is 0 Å². The average Bonchev–Trinajstić information content (AvgIpc) is 3.49. The molecule has 8 aromatic carbocycles. The zero-order valence-electron chi connectivity index (χ0n) is 24.6. The van der Waals surface area contributed by atoms with Gasteiger partial charge in [0.25, 0.3) is 0 Å². The fourth-order valence-electron chi connectivity index (χ4n) is 7.04. The first-order valence-corrected chi connectivity index (χ1v) is 15.4. The zero-order chi connectivity index (χ0) is 29.7. The average molecular weight is 573 g/mol. The number of hydrogen-bond donors (Lipinski definition) is 0. The molecule has 9 aromatic rings. The molecule has 0 amide bonds. The van der Waals surface area contributed by atoms with Crippen molar-refractivity contribution in [3.8, 4) is 44.5 Å². The summed E-state index contributed by atoms with van der Waals surface area (Å²) in [4.78, 5) is 0. The van der Waals surface area contributed by atoms with Crippen molar-refractivity contribution < 1.29 is 4.42 Å². The molecule has 0 bridgehead atoms. The van der Waals surface area contributed by atoms with Crippen LogP contribution in [-0.4, -0.2) is 0 Å². The minimum atomic E-state index is 0.908. The van der Waals surface area contributed by atoms with Crippen LogP contribution in [0.5, 0.6) is 0 Å². The molecule has 0 aliphatic carbocycles. The number of rotatable bonds is 4. The molecule has 0 radical (unpaired) electrons. The highest BCUT2D eigenvalue weighted by molar-refractivity contribution is 6.23. The van der Waals surface area contributed by atoms with Gasteiger partial charge in [-0.1, -0.05) is 146 Å². The van der Waals surface area contributed by atoms with Gasteiger partial charge in [-0.15, -0.1) is 0 Å². The quantitative estimate of drug-likeness (QED) is 0.191. The normalized spacial score (nSPS) is 11.6. The van der Waals surface area contributed by atoms with Crippen LogP contribution in [0.4, 0.5) is 0 Å². The number of para-hydroxylation sites is 1. The lowest BCUT2D eigenvalue weighted by molar-refractivity contribution is 0.670. The molecular weight excluding hydrogens is 544 g/mol. The van der Waals surface area contributed by atoms with Crippen molar-refractivity contribution >= 4 is 43.5 Å². The SMILES string of the molecule is c1ccc(-c2cccc(-c3c4ccccc4c(-c4cc(-c5ccccc5)c5oc6ccccc6c5c4)c4ccccc34)c2)cc1. The fourth-order valence-corrected chi connectivity index (χ4v) is 7.04. The lowest BCUT2D eigenvalue weighted by Gasteiger charge is -2.19. The molecule has 0 spiro atoms. The molecular formula is C44H28O. The van der Waals surface area contributed by atoms with Gasteiger partial charge in [-0.3, -0.25) is 0 Å². The highest BCUT2D eigenvalue weighted by Crippen LogP contribution is 2.47. The van der Waals surface area contributed by atoms with Crippen molar-refractivity contribution in [2.45, 2.75) is 0 Å². The summed E-state index contributed by atoms with van der Waals surface area (Å²) >= 11 is 0. The van der Waals surface area contributed by atoms with Gasteiger partial charge < -0.3 is 4.42 Å². The third-order valence-corrected chi connectivity index (χ3v) is 9.04. The fraction of sp³-hybridized carbons (Fsp3) is 0. The van der Waals surface area contributed by atoms with Crippen LogP contribution in [0.25, 0.3) is 88.0 Å². The van der Waals surface area contributed by atoms with E-state index >= 15 is 0 Å². The van der Waals surface area contributed by atoms with Gasteiger partial charge >= 0.3 is 0 Å². The van der Waals surface area contributed by atoms with E-state index in [0.29, 0.717) is 0 Å². The molecule has 210 valence electrons. The van der Waals surface area contributed by atoms with Crippen molar-refractivity contribution in [1.29, 1.82) is 0 Å². The van der Waals surface area contributed by atoms with Crippen molar-refractivity contribution in [3.63, 3.8) is 0 Å². The largest absolute Gasteiger partial charge is 0.455 e. The van der Waals surface area contributed by atoms with Crippen molar-refractivity contribution in [2.75, 3.05) is 0 Å². The third kappa shape index (κ3) is 4.17. The second-order valence-electron chi connectivity index (χ2n) is 11.7. The molecule has 1 heterocycles. The first-order valence-electron chi connectivity index (χ1n) is 15.4. The van der Waals surface area contributed by atoms with E-state index in [-0.39, 0.29) is 0 Å². The molecule has 45 heavy (non-hydrogen) atoms. The van der Waals surface area contributed by atoms with Crippen LogP contribution >= 0.6 is 0 Å². The van der Waals surface area contributed by atoms with Crippen LogP contribution in [0.15, 0.2) is 174 Å².